The molecule has 160 valence electrons. The standard InChI is InChI=1S/C24H26N4O2S/c1-17-9-11-18(12-10-17)21-14-26-24(28(21)20-7-3-2-4-8-20)31-16-22(29)27-13-5-6-19(15-27)23(25)30/h2-4,7-12,14,19H,5-6,13,15-16H2,1H3,(H2,25,30). The van der Waals surface area contributed by atoms with Crippen LogP contribution in [0.25, 0.3) is 16.9 Å². The number of aryl methyl sites for hydroxylation is 1. The van der Waals surface area contributed by atoms with Gasteiger partial charge in [0, 0.05) is 24.3 Å². The van der Waals surface area contributed by atoms with E-state index in [9.17, 15) is 9.59 Å². The highest BCUT2D eigenvalue weighted by molar-refractivity contribution is 7.99. The molecule has 1 fully saturated rings. The lowest BCUT2D eigenvalue weighted by Crippen LogP contribution is -2.44. The van der Waals surface area contributed by atoms with Crippen LogP contribution in [0.1, 0.15) is 18.4 Å². The average molecular weight is 435 g/mol. The Balaban J connectivity index is 1.56. The SMILES string of the molecule is Cc1ccc(-c2cnc(SCC(=O)N3CCCC(C(N)=O)C3)n2-c2ccccc2)cc1. The van der Waals surface area contributed by atoms with Gasteiger partial charge in [0.15, 0.2) is 5.16 Å². The molecule has 4 rings (SSSR count). The minimum Gasteiger partial charge on any atom is -0.369 e. The average Bonchev–Trinajstić information content (AvgIpc) is 3.22. The number of imidazole rings is 1. The summed E-state index contributed by atoms with van der Waals surface area (Å²) in [6, 6.07) is 18.4. The summed E-state index contributed by atoms with van der Waals surface area (Å²) in [6.45, 7) is 3.15. The topological polar surface area (TPSA) is 81.2 Å². The maximum atomic E-state index is 12.8. The van der Waals surface area contributed by atoms with Crippen LogP contribution in [0.5, 0.6) is 0 Å². The molecule has 0 radical (unpaired) electrons. The molecule has 7 heteroatoms. The zero-order valence-electron chi connectivity index (χ0n) is 17.5. The molecule has 0 aliphatic carbocycles. The maximum absolute atomic E-state index is 12.8. The number of piperidine rings is 1. The van der Waals surface area contributed by atoms with Crippen molar-refractivity contribution in [1.82, 2.24) is 14.5 Å². The van der Waals surface area contributed by atoms with Crippen molar-refractivity contribution >= 4 is 23.6 Å². The fourth-order valence-electron chi connectivity index (χ4n) is 3.84. The van der Waals surface area contributed by atoms with Gasteiger partial charge in [0.1, 0.15) is 0 Å². The Morgan fingerprint density at radius 2 is 1.87 bits per heavy atom. The van der Waals surface area contributed by atoms with Crippen molar-refractivity contribution in [3.63, 3.8) is 0 Å². The van der Waals surface area contributed by atoms with Crippen molar-refractivity contribution in [2.45, 2.75) is 24.9 Å². The minimum absolute atomic E-state index is 0.00967. The summed E-state index contributed by atoms with van der Waals surface area (Å²) in [5, 5.41) is 0.763. The first-order valence-electron chi connectivity index (χ1n) is 10.4. The molecule has 3 aromatic rings. The smallest absolute Gasteiger partial charge is 0.233 e. The number of benzene rings is 2. The molecule has 1 aromatic heterocycles. The molecule has 1 unspecified atom stereocenters. The predicted molar refractivity (Wildman–Crippen MR) is 123 cm³/mol. The lowest BCUT2D eigenvalue weighted by atomic mass is 9.97. The number of rotatable bonds is 6. The minimum atomic E-state index is -0.326. The Bertz CT molecular complexity index is 1060. The number of hydrogen-bond donors (Lipinski definition) is 1. The summed E-state index contributed by atoms with van der Waals surface area (Å²) in [6.07, 6.45) is 3.42. The molecule has 2 aromatic carbocycles. The van der Waals surface area contributed by atoms with Crippen LogP contribution < -0.4 is 5.73 Å². The second-order valence-corrected chi connectivity index (χ2v) is 8.78. The number of carbonyl (C=O) groups excluding carboxylic acids is 2. The molecular formula is C24H26N4O2S. The van der Waals surface area contributed by atoms with E-state index in [-0.39, 0.29) is 23.5 Å². The Hall–Kier alpha value is -3.06. The van der Waals surface area contributed by atoms with Gasteiger partial charge in [-0.3, -0.25) is 14.2 Å². The molecule has 0 spiro atoms. The number of primary amides is 1. The van der Waals surface area contributed by atoms with Gasteiger partial charge in [-0.2, -0.15) is 0 Å². The second kappa shape index (κ2) is 9.39. The highest BCUT2D eigenvalue weighted by Crippen LogP contribution is 2.30. The van der Waals surface area contributed by atoms with Crippen LogP contribution in [-0.4, -0.2) is 45.1 Å². The fourth-order valence-corrected chi connectivity index (χ4v) is 4.74. The van der Waals surface area contributed by atoms with Gasteiger partial charge in [0.05, 0.1) is 23.6 Å². The van der Waals surface area contributed by atoms with Crippen LogP contribution in [0.4, 0.5) is 0 Å². The van der Waals surface area contributed by atoms with Gasteiger partial charge >= 0.3 is 0 Å². The van der Waals surface area contributed by atoms with Gasteiger partial charge in [-0.25, -0.2) is 4.98 Å². The largest absolute Gasteiger partial charge is 0.369 e. The molecule has 2 N–H and O–H groups in total. The van der Waals surface area contributed by atoms with Crippen LogP contribution in [0.3, 0.4) is 0 Å². The number of amides is 2. The van der Waals surface area contributed by atoms with Gasteiger partial charge in [0.2, 0.25) is 11.8 Å². The molecule has 2 heterocycles. The van der Waals surface area contributed by atoms with Crippen molar-refractivity contribution in [2.24, 2.45) is 11.7 Å². The first kappa shape index (κ1) is 21.2. The summed E-state index contributed by atoms with van der Waals surface area (Å²) in [4.78, 5) is 30.7. The zero-order chi connectivity index (χ0) is 21.8. The van der Waals surface area contributed by atoms with E-state index in [1.54, 1.807) is 4.90 Å². The summed E-state index contributed by atoms with van der Waals surface area (Å²) in [7, 11) is 0. The number of hydrogen-bond acceptors (Lipinski definition) is 4. The number of para-hydroxylation sites is 1. The van der Waals surface area contributed by atoms with Crippen molar-refractivity contribution in [3.8, 4) is 16.9 Å². The van der Waals surface area contributed by atoms with Crippen LogP contribution in [0.2, 0.25) is 0 Å². The number of carbonyl (C=O) groups is 2. The van der Waals surface area contributed by atoms with E-state index in [0.717, 1.165) is 34.9 Å². The fraction of sp³-hybridized carbons (Fsp3) is 0.292. The maximum Gasteiger partial charge on any atom is 0.233 e. The quantitative estimate of drug-likeness (QED) is 0.600. The first-order chi connectivity index (χ1) is 15.0. The number of aromatic nitrogens is 2. The lowest BCUT2D eigenvalue weighted by Gasteiger charge is -2.31. The van der Waals surface area contributed by atoms with E-state index in [1.807, 2.05) is 36.5 Å². The highest BCUT2D eigenvalue weighted by Gasteiger charge is 2.27. The van der Waals surface area contributed by atoms with Gasteiger partial charge in [-0.05, 0) is 31.9 Å². The van der Waals surface area contributed by atoms with Crippen LogP contribution in [0, 0.1) is 12.8 Å². The van der Waals surface area contributed by atoms with E-state index in [4.69, 9.17) is 5.73 Å². The molecule has 1 atom stereocenters. The Labute approximate surface area is 186 Å². The van der Waals surface area contributed by atoms with Gasteiger partial charge in [0.25, 0.3) is 0 Å². The molecule has 0 bridgehead atoms. The van der Waals surface area contributed by atoms with Gasteiger partial charge < -0.3 is 10.6 Å². The number of likely N-dealkylation sites (tertiary alicyclic amines) is 1. The monoisotopic (exact) mass is 434 g/mol. The molecule has 1 aliphatic heterocycles. The Morgan fingerprint density at radius 3 is 2.58 bits per heavy atom. The van der Waals surface area contributed by atoms with E-state index in [0.29, 0.717) is 13.1 Å². The third-order valence-electron chi connectivity index (χ3n) is 5.59. The number of nitrogens with zero attached hydrogens (tertiary/aromatic N) is 3. The van der Waals surface area contributed by atoms with Crippen molar-refractivity contribution in [2.75, 3.05) is 18.8 Å². The summed E-state index contributed by atoms with van der Waals surface area (Å²) >= 11 is 1.42. The van der Waals surface area contributed by atoms with E-state index in [2.05, 4.69) is 40.7 Å². The molecule has 0 saturated carbocycles. The third kappa shape index (κ3) is 4.82. The number of nitrogens with two attached hydrogens (primary N) is 1. The Kier molecular flexibility index (Phi) is 6.42. The molecule has 1 saturated heterocycles. The number of thioether (sulfide) groups is 1. The lowest BCUT2D eigenvalue weighted by molar-refractivity contribution is -0.132. The molecule has 1 aliphatic rings. The first-order valence-corrected chi connectivity index (χ1v) is 11.4. The van der Waals surface area contributed by atoms with Crippen molar-refractivity contribution in [3.05, 3.63) is 66.4 Å². The molecule has 6 nitrogen and oxygen atoms in total. The molecular weight excluding hydrogens is 408 g/mol. The van der Waals surface area contributed by atoms with Gasteiger partial charge in [-0.15, -0.1) is 0 Å². The van der Waals surface area contributed by atoms with Crippen LogP contribution in [0.15, 0.2) is 66.0 Å². The highest BCUT2D eigenvalue weighted by atomic mass is 32.2. The van der Waals surface area contributed by atoms with E-state index < -0.39 is 0 Å². The van der Waals surface area contributed by atoms with Crippen molar-refractivity contribution in [1.29, 1.82) is 0 Å². The van der Waals surface area contributed by atoms with Crippen LogP contribution >= 0.6 is 11.8 Å². The predicted octanol–water partition coefficient (Wildman–Crippen LogP) is 3.66. The normalized spacial score (nSPS) is 16.3. The van der Waals surface area contributed by atoms with Crippen molar-refractivity contribution < 1.29 is 9.59 Å². The summed E-state index contributed by atoms with van der Waals surface area (Å²) in [5.74, 6) is -0.298. The molecule has 2 amide bonds. The zero-order valence-corrected chi connectivity index (χ0v) is 18.3. The van der Waals surface area contributed by atoms with Gasteiger partial charge in [-0.1, -0.05) is 59.8 Å². The second-order valence-electron chi connectivity index (χ2n) is 7.83. The van der Waals surface area contributed by atoms with Crippen LogP contribution in [-0.2, 0) is 9.59 Å². The van der Waals surface area contributed by atoms with E-state index in [1.165, 1.54) is 17.3 Å². The Morgan fingerprint density at radius 1 is 1.13 bits per heavy atom. The third-order valence-corrected chi connectivity index (χ3v) is 6.53. The van der Waals surface area contributed by atoms with E-state index >= 15 is 0 Å². The molecule has 31 heavy (non-hydrogen) atoms. The summed E-state index contributed by atoms with van der Waals surface area (Å²) < 4.78 is 2.09. The summed E-state index contributed by atoms with van der Waals surface area (Å²) in [5.41, 5.74) is 9.70.